The van der Waals surface area contributed by atoms with Crippen LogP contribution in [0.2, 0.25) is 0 Å². The van der Waals surface area contributed by atoms with Crippen molar-refractivity contribution in [2.75, 3.05) is 0 Å². The normalized spacial score (nSPS) is 11.1. The second-order valence-corrected chi connectivity index (χ2v) is 5.22. The average molecular weight is 291 g/mol. The average Bonchev–Trinajstić information content (AvgIpc) is 3.13. The molecule has 0 saturated heterocycles. The van der Waals surface area contributed by atoms with Crippen molar-refractivity contribution >= 4 is 11.3 Å². The van der Waals surface area contributed by atoms with Crippen molar-refractivity contribution in [2.24, 2.45) is 5.73 Å². The topological polar surface area (TPSA) is 109 Å². The van der Waals surface area contributed by atoms with Crippen LogP contribution >= 0.6 is 11.3 Å². The first-order chi connectivity index (χ1) is 9.72. The van der Waals surface area contributed by atoms with Gasteiger partial charge in [-0.1, -0.05) is 10.4 Å². The second kappa shape index (κ2) is 5.47. The molecule has 0 spiro atoms. The first-order valence-corrected chi connectivity index (χ1v) is 6.92. The van der Waals surface area contributed by atoms with Crippen LogP contribution in [-0.2, 0) is 19.5 Å². The molecule has 0 atom stereocenters. The largest absolute Gasteiger partial charge is 0.337 e. The van der Waals surface area contributed by atoms with Crippen molar-refractivity contribution in [3.05, 3.63) is 39.7 Å². The minimum atomic E-state index is 0.360. The Bertz CT molecular complexity index is 701. The zero-order chi connectivity index (χ0) is 13.9. The van der Waals surface area contributed by atoms with E-state index >= 15 is 0 Å². The Morgan fingerprint density at radius 1 is 1.40 bits per heavy atom. The van der Waals surface area contributed by atoms with Crippen molar-refractivity contribution in [1.29, 1.82) is 0 Å². The number of thiazole rings is 1. The lowest BCUT2D eigenvalue weighted by atomic mass is 10.4. The summed E-state index contributed by atoms with van der Waals surface area (Å²) >= 11 is 1.59. The molecule has 0 radical (unpaired) electrons. The van der Waals surface area contributed by atoms with Crippen LogP contribution in [0, 0.1) is 6.92 Å². The highest BCUT2D eigenvalue weighted by Crippen LogP contribution is 2.12. The Hall–Kier alpha value is -2.13. The highest BCUT2D eigenvalue weighted by atomic mass is 32.1. The third kappa shape index (κ3) is 2.89. The van der Waals surface area contributed by atoms with E-state index < -0.39 is 0 Å². The van der Waals surface area contributed by atoms with E-state index in [0.29, 0.717) is 31.2 Å². The van der Waals surface area contributed by atoms with E-state index in [1.54, 1.807) is 22.2 Å². The minimum Gasteiger partial charge on any atom is -0.337 e. The van der Waals surface area contributed by atoms with E-state index in [9.17, 15) is 0 Å². The maximum atomic E-state index is 5.48. The SMILES string of the molecule is Cc1csc(Cc2noc(Cn3cc(CN)nn3)n2)n1. The molecule has 0 aliphatic carbocycles. The molecule has 0 aliphatic heterocycles. The van der Waals surface area contributed by atoms with E-state index in [4.69, 9.17) is 10.3 Å². The number of aryl methyl sites for hydroxylation is 1. The van der Waals surface area contributed by atoms with Gasteiger partial charge in [0.25, 0.3) is 0 Å². The summed E-state index contributed by atoms with van der Waals surface area (Å²) in [5, 5.41) is 14.7. The fraction of sp³-hybridized carbons (Fsp3) is 0.364. The second-order valence-electron chi connectivity index (χ2n) is 4.28. The molecule has 0 bridgehead atoms. The summed E-state index contributed by atoms with van der Waals surface area (Å²) in [4.78, 5) is 8.68. The predicted molar refractivity (Wildman–Crippen MR) is 71.0 cm³/mol. The van der Waals surface area contributed by atoms with Crippen LogP contribution in [0.5, 0.6) is 0 Å². The van der Waals surface area contributed by atoms with Gasteiger partial charge in [-0.25, -0.2) is 9.67 Å². The molecule has 104 valence electrons. The monoisotopic (exact) mass is 291 g/mol. The highest BCUT2D eigenvalue weighted by Gasteiger charge is 2.10. The number of nitrogens with zero attached hydrogens (tertiary/aromatic N) is 6. The van der Waals surface area contributed by atoms with Gasteiger partial charge in [0.15, 0.2) is 5.82 Å². The van der Waals surface area contributed by atoms with Crippen LogP contribution < -0.4 is 5.73 Å². The van der Waals surface area contributed by atoms with Gasteiger partial charge in [-0.3, -0.25) is 0 Å². The van der Waals surface area contributed by atoms with Crippen molar-refractivity contribution < 1.29 is 4.52 Å². The molecule has 2 N–H and O–H groups in total. The number of aromatic nitrogens is 6. The van der Waals surface area contributed by atoms with Gasteiger partial charge in [0.1, 0.15) is 11.6 Å². The summed E-state index contributed by atoms with van der Waals surface area (Å²) in [5.41, 5.74) is 7.21. The lowest BCUT2D eigenvalue weighted by Gasteiger charge is -1.92. The molecule has 8 nitrogen and oxygen atoms in total. The molecular formula is C11H13N7OS. The van der Waals surface area contributed by atoms with E-state index in [2.05, 4.69) is 25.4 Å². The summed E-state index contributed by atoms with van der Waals surface area (Å²) in [6, 6.07) is 0. The zero-order valence-corrected chi connectivity index (χ0v) is 11.7. The molecule has 3 rings (SSSR count). The summed E-state index contributed by atoms with van der Waals surface area (Å²) in [5.74, 6) is 1.11. The van der Waals surface area contributed by atoms with Gasteiger partial charge in [-0.2, -0.15) is 4.98 Å². The van der Waals surface area contributed by atoms with Gasteiger partial charge >= 0.3 is 0 Å². The van der Waals surface area contributed by atoms with Crippen LogP contribution in [0.4, 0.5) is 0 Å². The van der Waals surface area contributed by atoms with Gasteiger partial charge in [0, 0.05) is 17.6 Å². The highest BCUT2D eigenvalue weighted by molar-refractivity contribution is 7.09. The number of nitrogens with two attached hydrogens (primary N) is 1. The molecule has 0 aromatic carbocycles. The van der Waals surface area contributed by atoms with Gasteiger partial charge < -0.3 is 10.3 Å². The fourth-order valence-electron chi connectivity index (χ4n) is 1.69. The predicted octanol–water partition coefficient (Wildman–Crippen LogP) is 0.524. The van der Waals surface area contributed by atoms with Crippen LogP contribution in [-0.4, -0.2) is 30.1 Å². The van der Waals surface area contributed by atoms with Crippen molar-refractivity contribution in [3.8, 4) is 0 Å². The standard InChI is InChI=1S/C11H13N7OS/c1-7-6-20-11(13-7)2-9-14-10(19-16-9)5-18-4-8(3-12)15-17-18/h4,6H,2-3,5,12H2,1H3. The Morgan fingerprint density at radius 2 is 2.30 bits per heavy atom. The quantitative estimate of drug-likeness (QED) is 0.730. The molecule has 9 heteroatoms. The maximum Gasteiger partial charge on any atom is 0.248 e. The molecule has 3 heterocycles. The maximum absolute atomic E-state index is 5.48. The van der Waals surface area contributed by atoms with Gasteiger partial charge in [-0.15, -0.1) is 16.4 Å². The summed E-state index contributed by atoms with van der Waals surface area (Å²) in [7, 11) is 0. The molecule has 3 aromatic rings. The number of hydrogen-bond donors (Lipinski definition) is 1. The third-order valence-electron chi connectivity index (χ3n) is 2.58. The van der Waals surface area contributed by atoms with E-state index in [1.807, 2.05) is 12.3 Å². The Morgan fingerprint density at radius 3 is 3.00 bits per heavy atom. The van der Waals surface area contributed by atoms with E-state index in [1.165, 1.54) is 0 Å². The fourth-order valence-corrected chi connectivity index (χ4v) is 2.46. The minimum absolute atomic E-state index is 0.360. The van der Waals surface area contributed by atoms with E-state index in [0.717, 1.165) is 16.4 Å². The Balaban J connectivity index is 1.67. The molecule has 20 heavy (non-hydrogen) atoms. The van der Waals surface area contributed by atoms with Crippen LogP contribution in [0.15, 0.2) is 16.1 Å². The molecule has 0 amide bonds. The first kappa shape index (κ1) is 12.9. The summed E-state index contributed by atoms with van der Waals surface area (Å²) < 4.78 is 6.80. The molecule has 3 aromatic heterocycles. The van der Waals surface area contributed by atoms with Crippen molar-refractivity contribution in [1.82, 2.24) is 30.1 Å². The van der Waals surface area contributed by atoms with Gasteiger partial charge in [0.05, 0.1) is 18.3 Å². The Labute approximate surface area is 118 Å². The molecular weight excluding hydrogens is 278 g/mol. The summed E-state index contributed by atoms with van der Waals surface area (Å²) in [6.07, 6.45) is 2.33. The van der Waals surface area contributed by atoms with Crippen molar-refractivity contribution in [2.45, 2.75) is 26.4 Å². The van der Waals surface area contributed by atoms with Gasteiger partial charge in [-0.05, 0) is 6.92 Å². The van der Waals surface area contributed by atoms with Crippen LogP contribution in [0.1, 0.15) is 28.1 Å². The Kier molecular flexibility index (Phi) is 3.52. The number of rotatable bonds is 5. The van der Waals surface area contributed by atoms with Crippen LogP contribution in [0.25, 0.3) is 0 Å². The number of hydrogen-bond acceptors (Lipinski definition) is 8. The zero-order valence-electron chi connectivity index (χ0n) is 10.9. The molecule has 0 saturated carbocycles. The molecule has 0 fully saturated rings. The lowest BCUT2D eigenvalue weighted by molar-refractivity contribution is 0.360. The van der Waals surface area contributed by atoms with E-state index in [-0.39, 0.29) is 0 Å². The molecule has 0 unspecified atom stereocenters. The summed E-state index contributed by atoms with van der Waals surface area (Å²) in [6.45, 7) is 2.71. The van der Waals surface area contributed by atoms with Crippen molar-refractivity contribution in [3.63, 3.8) is 0 Å². The smallest absolute Gasteiger partial charge is 0.248 e. The lowest BCUT2D eigenvalue weighted by Crippen LogP contribution is -2.01. The molecule has 0 aliphatic rings. The van der Waals surface area contributed by atoms with Crippen LogP contribution in [0.3, 0.4) is 0 Å². The third-order valence-corrected chi connectivity index (χ3v) is 3.55. The van der Waals surface area contributed by atoms with Gasteiger partial charge in [0.2, 0.25) is 5.89 Å². The first-order valence-electron chi connectivity index (χ1n) is 6.04.